The number of carbonyl (C=O) groups excluding carboxylic acids is 1. The molecule has 1 atom stereocenters. The fourth-order valence-electron chi connectivity index (χ4n) is 4.32. The van der Waals surface area contributed by atoms with Gasteiger partial charge >= 0.3 is 0 Å². The van der Waals surface area contributed by atoms with Gasteiger partial charge in [0.15, 0.2) is 0 Å². The van der Waals surface area contributed by atoms with E-state index in [4.69, 9.17) is 0 Å². The van der Waals surface area contributed by atoms with Crippen LogP contribution in [0.3, 0.4) is 0 Å². The molecule has 0 bridgehead atoms. The molecule has 4 heterocycles. The second kappa shape index (κ2) is 8.48. The van der Waals surface area contributed by atoms with E-state index >= 15 is 0 Å². The molecule has 1 aliphatic carbocycles. The number of thiophene rings is 1. The third-order valence-electron chi connectivity index (χ3n) is 6.12. The molecule has 1 aliphatic rings. The highest BCUT2D eigenvalue weighted by molar-refractivity contribution is 7.19. The van der Waals surface area contributed by atoms with Crippen LogP contribution >= 0.6 is 11.3 Å². The van der Waals surface area contributed by atoms with Crippen LogP contribution in [0, 0.1) is 5.92 Å². The van der Waals surface area contributed by atoms with Crippen molar-refractivity contribution in [3.63, 3.8) is 0 Å². The molecule has 1 amide bonds. The quantitative estimate of drug-likeness (QED) is 0.487. The first kappa shape index (κ1) is 20.8. The number of carbonyl (C=O) groups is 1. The van der Waals surface area contributed by atoms with E-state index in [0.717, 1.165) is 59.6 Å². The van der Waals surface area contributed by atoms with Gasteiger partial charge in [-0.05, 0) is 57.1 Å². The number of anilines is 2. The summed E-state index contributed by atoms with van der Waals surface area (Å²) in [5, 5.41) is 8.82. The Labute approximate surface area is 190 Å². The summed E-state index contributed by atoms with van der Waals surface area (Å²) in [5.41, 5.74) is 3.27. The Morgan fingerprint density at radius 1 is 1.25 bits per heavy atom. The van der Waals surface area contributed by atoms with Crippen molar-refractivity contribution in [1.29, 1.82) is 0 Å². The lowest BCUT2D eigenvalue weighted by Crippen LogP contribution is -2.39. The summed E-state index contributed by atoms with van der Waals surface area (Å²) in [6, 6.07) is 6.02. The number of hydrogen-bond donors (Lipinski definition) is 1. The second-order valence-corrected chi connectivity index (χ2v) is 9.73. The molecule has 166 valence electrons. The molecule has 8 nitrogen and oxygen atoms in total. The number of amides is 1. The SMILES string of the molecule is CN(C)CCN(C)C(=O)[C@H]1CCc2c(sc3ncnc(Nc4ccn5nccc5c4)c23)C1. The lowest BCUT2D eigenvalue weighted by Gasteiger charge is -2.27. The standard InChI is InChI=1S/C23H27N7OS/c1-28(2)10-11-29(3)23(31)15-4-5-18-19(12-15)32-22-20(18)21(24-14-25-22)27-16-7-9-30-17(13-16)6-8-26-30/h6-9,13-15H,4-5,10-12H2,1-3H3,(H,24,25,27)/t15-/m0/s1. The van der Waals surface area contributed by atoms with Gasteiger partial charge in [0.2, 0.25) is 5.91 Å². The van der Waals surface area contributed by atoms with Gasteiger partial charge in [-0.25, -0.2) is 14.5 Å². The van der Waals surface area contributed by atoms with Crippen molar-refractivity contribution in [2.45, 2.75) is 19.3 Å². The second-order valence-electron chi connectivity index (χ2n) is 8.65. The van der Waals surface area contributed by atoms with Crippen molar-refractivity contribution >= 4 is 44.5 Å². The highest BCUT2D eigenvalue weighted by Crippen LogP contribution is 2.40. The Morgan fingerprint density at radius 2 is 2.12 bits per heavy atom. The summed E-state index contributed by atoms with van der Waals surface area (Å²) in [6.45, 7) is 1.63. The number of rotatable bonds is 6. The zero-order valence-electron chi connectivity index (χ0n) is 18.6. The van der Waals surface area contributed by atoms with Gasteiger partial charge in [0.1, 0.15) is 17.0 Å². The summed E-state index contributed by atoms with van der Waals surface area (Å²) >= 11 is 1.70. The number of hydrogen-bond acceptors (Lipinski definition) is 7. The van der Waals surface area contributed by atoms with Crippen molar-refractivity contribution < 1.29 is 4.79 Å². The number of likely N-dealkylation sites (N-methyl/N-ethyl adjacent to an activating group) is 2. The Balaban J connectivity index is 1.39. The van der Waals surface area contributed by atoms with Crippen LogP contribution in [0.1, 0.15) is 16.9 Å². The highest BCUT2D eigenvalue weighted by atomic mass is 32.1. The lowest BCUT2D eigenvalue weighted by molar-refractivity contribution is -0.134. The van der Waals surface area contributed by atoms with Crippen LogP contribution in [0.25, 0.3) is 15.7 Å². The summed E-state index contributed by atoms with van der Waals surface area (Å²) < 4.78 is 1.83. The minimum absolute atomic E-state index is 0.0383. The van der Waals surface area contributed by atoms with Crippen molar-refractivity contribution in [1.82, 2.24) is 29.4 Å². The fraction of sp³-hybridized carbons (Fsp3) is 0.391. The maximum absolute atomic E-state index is 13.0. The van der Waals surface area contributed by atoms with Gasteiger partial charge in [0.25, 0.3) is 0 Å². The average molecular weight is 450 g/mol. The first-order chi connectivity index (χ1) is 15.5. The molecule has 32 heavy (non-hydrogen) atoms. The summed E-state index contributed by atoms with van der Waals surface area (Å²) in [4.78, 5) is 28.3. The molecule has 0 unspecified atom stereocenters. The smallest absolute Gasteiger partial charge is 0.225 e. The van der Waals surface area contributed by atoms with E-state index < -0.39 is 0 Å². The molecular formula is C23H27N7OS. The highest BCUT2D eigenvalue weighted by Gasteiger charge is 2.30. The molecule has 0 aromatic carbocycles. The van der Waals surface area contributed by atoms with Gasteiger partial charge in [-0.1, -0.05) is 0 Å². The Hall–Kier alpha value is -3.04. The molecule has 0 saturated heterocycles. The fourth-order valence-corrected chi connectivity index (χ4v) is 5.59. The van der Waals surface area contributed by atoms with Gasteiger partial charge in [0, 0.05) is 49.0 Å². The Bertz CT molecular complexity index is 1280. The van der Waals surface area contributed by atoms with Crippen LogP contribution < -0.4 is 5.32 Å². The van der Waals surface area contributed by atoms with Crippen LogP contribution in [-0.2, 0) is 17.6 Å². The monoisotopic (exact) mass is 449 g/mol. The van der Waals surface area contributed by atoms with Gasteiger partial charge in [0.05, 0.1) is 10.9 Å². The predicted molar refractivity (Wildman–Crippen MR) is 128 cm³/mol. The predicted octanol–water partition coefficient (Wildman–Crippen LogP) is 3.21. The first-order valence-electron chi connectivity index (χ1n) is 10.8. The van der Waals surface area contributed by atoms with E-state index in [9.17, 15) is 4.79 Å². The van der Waals surface area contributed by atoms with Crippen molar-refractivity contribution in [2.75, 3.05) is 39.5 Å². The van der Waals surface area contributed by atoms with E-state index in [1.807, 2.05) is 48.9 Å². The van der Waals surface area contributed by atoms with Gasteiger partial charge in [-0.2, -0.15) is 5.10 Å². The van der Waals surface area contributed by atoms with Crippen LogP contribution in [0.5, 0.6) is 0 Å². The molecule has 9 heteroatoms. The Morgan fingerprint density at radius 3 is 2.97 bits per heavy atom. The minimum atomic E-state index is 0.0383. The number of fused-ring (bicyclic) bond motifs is 4. The van der Waals surface area contributed by atoms with Crippen molar-refractivity contribution in [3.05, 3.63) is 47.4 Å². The third kappa shape index (κ3) is 3.93. The first-order valence-corrected chi connectivity index (χ1v) is 11.7. The van der Waals surface area contributed by atoms with Crippen molar-refractivity contribution in [3.8, 4) is 0 Å². The van der Waals surface area contributed by atoms with Gasteiger partial charge in [-0.15, -0.1) is 11.3 Å². The third-order valence-corrected chi connectivity index (χ3v) is 7.28. The summed E-state index contributed by atoms with van der Waals surface area (Å²) in [6.07, 6.45) is 7.84. The van der Waals surface area contributed by atoms with E-state index in [2.05, 4.69) is 31.3 Å². The minimum Gasteiger partial charge on any atom is -0.344 e. The lowest BCUT2D eigenvalue weighted by atomic mass is 9.87. The molecule has 0 saturated carbocycles. The maximum Gasteiger partial charge on any atom is 0.225 e. The zero-order valence-corrected chi connectivity index (χ0v) is 19.4. The van der Waals surface area contributed by atoms with E-state index in [-0.39, 0.29) is 11.8 Å². The van der Waals surface area contributed by atoms with Crippen LogP contribution in [-0.4, -0.2) is 69.5 Å². The summed E-state index contributed by atoms with van der Waals surface area (Å²) in [7, 11) is 5.97. The number of nitrogens with one attached hydrogen (secondary N) is 1. The zero-order chi connectivity index (χ0) is 22.2. The molecule has 0 aliphatic heterocycles. The van der Waals surface area contributed by atoms with Crippen molar-refractivity contribution in [2.24, 2.45) is 5.92 Å². The van der Waals surface area contributed by atoms with Gasteiger partial charge < -0.3 is 15.1 Å². The van der Waals surface area contributed by atoms with E-state index in [0.29, 0.717) is 0 Å². The molecule has 5 rings (SSSR count). The van der Waals surface area contributed by atoms with Gasteiger partial charge in [-0.3, -0.25) is 4.79 Å². The molecule has 1 N–H and O–H groups in total. The van der Waals surface area contributed by atoms with Crippen LogP contribution in [0.15, 0.2) is 36.9 Å². The number of pyridine rings is 1. The molecule has 0 spiro atoms. The molecule has 0 fully saturated rings. The average Bonchev–Trinajstić information content (AvgIpc) is 3.40. The van der Waals surface area contributed by atoms with E-state index in [1.165, 1.54) is 10.4 Å². The van der Waals surface area contributed by atoms with E-state index in [1.54, 1.807) is 23.9 Å². The molecule has 0 radical (unpaired) electrons. The number of aromatic nitrogens is 4. The molecular weight excluding hydrogens is 422 g/mol. The number of aryl methyl sites for hydroxylation is 1. The van der Waals surface area contributed by atoms with Crippen LogP contribution in [0.4, 0.5) is 11.5 Å². The number of nitrogens with zero attached hydrogens (tertiary/aromatic N) is 6. The Kier molecular flexibility index (Phi) is 5.52. The molecule has 4 aromatic heterocycles. The molecule has 4 aromatic rings. The van der Waals surface area contributed by atoms with Crippen LogP contribution in [0.2, 0.25) is 0 Å². The normalized spacial score (nSPS) is 15.9. The topological polar surface area (TPSA) is 78.7 Å². The largest absolute Gasteiger partial charge is 0.344 e. The summed E-state index contributed by atoms with van der Waals surface area (Å²) in [5.74, 6) is 1.11. The maximum atomic E-state index is 13.0.